The third-order valence-corrected chi connectivity index (χ3v) is 3.74. The van der Waals surface area contributed by atoms with Crippen molar-refractivity contribution >= 4 is 55.8 Å². The molecule has 0 spiro atoms. The number of para-hydroxylation sites is 2. The zero-order chi connectivity index (χ0) is 13.1. The Morgan fingerprint density at radius 1 is 1.22 bits per heavy atom. The third kappa shape index (κ3) is 3.02. The molecule has 1 amide bonds. The molecular weight excluding hydrogens is 407 g/mol. The molecule has 5 heteroatoms. The smallest absolute Gasteiger partial charge is 0.256 e. The first kappa shape index (κ1) is 13.4. The minimum absolute atomic E-state index is 0.182. The zero-order valence-corrected chi connectivity index (χ0v) is 13.0. The lowest BCUT2D eigenvalue weighted by Crippen LogP contribution is -2.14. The highest BCUT2D eigenvalue weighted by Gasteiger charge is 2.11. The first-order valence-corrected chi connectivity index (χ1v) is 7.06. The monoisotopic (exact) mass is 416 g/mol. The predicted molar refractivity (Wildman–Crippen MR) is 85.7 cm³/mol. The standard InChI is InChI=1S/C13H10BrIN2O/c14-10-6-5-8(15)7-9(10)13(18)17-12-4-2-1-3-11(12)16/h1-7H,16H2,(H,17,18). The maximum Gasteiger partial charge on any atom is 0.256 e. The lowest BCUT2D eigenvalue weighted by Gasteiger charge is -2.09. The van der Waals surface area contributed by atoms with Crippen LogP contribution in [0.3, 0.4) is 0 Å². The van der Waals surface area contributed by atoms with Gasteiger partial charge in [0.2, 0.25) is 0 Å². The molecule has 3 nitrogen and oxygen atoms in total. The summed E-state index contributed by atoms with van der Waals surface area (Å²) in [6.07, 6.45) is 0. The molecule has 0 unspecified atom stereocenters. The van der Waals surface area contributed by atoms with Gasteiger partial charge in [-0.05, 0) is 68.9 Å². The number of anilines is 2. The average molecular weight is 417 g/mol. The number of nitrogens with one attached hydrogen (secondary N) is 1. The fraction of sp³-hybridized carbons (Fsp3) is 0. The molecule has 0 fully saturated rings. The van der Waals surface area contributed by atoms with Gasteiger partial charge in [-0.15, -0.1) is 0 Å². The minimum Gasteiger partial charge on any atom is -0.397 e. The van der Waals surface area contributed by atoms with Crippen LogP contribution in [0.1, 0.15) is 10.4 Å². The van der Waals surface area contributed by atoms with E-state index in [1.54, 1.807) is 12.1 Å². The van der Waals surface area contributed by atoms with E-state index in [0.717, 1.165) is 8.04 Å². The number of hydrogen-bond acceptors (Lipinski definition) is 2. The number of amides is 1. The van der Waals surface area contributed by atoms with Gasteiger partial charge < -0.3 is 11.1 Å². The molecule has 0 aliphatic rings. The molecule has 0 saturated heterocycles. The number of rotatable bonds is 2. The van der Waals surface area contributed by atoms with Crippen molar-refractivity contribution in [2.45, 2.75) is 0 Å². The number of benzene rings is 2. The van der Waals surface area contributed by atoms with Crippen LogP contribution in [0, 0.1) is 3.57 Å². The van der Waals surface area contributed by atoms with Crippen LogP contribution in [-0.2, 0) is 0 Å². The Hall–Kier alpha value is -1.08. The molecule has 0 aromatic heterocycles. The van der Waals surface area contributed by atoms with Gasteiger partial charge >= 0.3 is 0 Å². The molecule has 0 saturated carbocycles. The lowest BCUT2D eigenvalue weighted by molar-refractivity contribution is 0.102. The molecule has 0 aliphatic carbocycles. The maximum absolute atomic E-state index is 12.1. The lowest BCUT2D eigenvalue weighted by atomic mass is 10.2. The van der Waals surface area contributed by atoms with Crippen molar-refractivity contribution in [3.63, 3.8) is 0 Å². The van der Waals surface area contributed by atoms with Crippen molar-refractivity contribution in [1.29, 1.82) is 0 Å². The van der Waals surface area contributed by atoms with Crippen LogP contribution < -0.4 is 11.1 Å². The molecular formula is C13H10BrIN2O. The van der Waals surface area contributed by atoms with Gasteiger partial charge in [0.15, 0.2) is 0 Å². The number of halogens is 2. The molecule has 2 rings (SSSR count). The molecule has 0 atom stereocenters. The number of nitrogen functional groups attached to an aromatic ring is 1. The van der Waals surface area contributed by atoms with Gasteiger partial charge in [0.1, 0.15) is 0 Å². The normalized spacial score (nSPS) is 10.1. The summed E-state index contributed by atoms with van der Waals surface area (Å²) in [4.78, 5) is 12.1. The average Bonchev–Trinajstić information content (AvgIpc) is 2.35. The third-order valence-electron chi connectivity index (χ3n) is 2.38. The first-order valence-electron chi connectivity index (χ1n) is 5.19. The Labute approximate surface area is 127 Å². The molecule has 0 aliphatic heterocycles. The van der Waals surface area contributed by atoms with Crippen LogP contribution in [0.5, 0.6) is 0 Å². The number of hydrogen-bond donors (Lipinski definition) is 2. The Balaban J connectivity index is 2.28. The summed E-state index contributed by atoms with van der Waals surface area (Å²) < 4.78 is 1.76. The van der Waals surface area contributed by atoms with Crippen molar-refractivity contribution in [3.8, 4) is 0 Å². The van der Waals surface area contributed by atoms with Crippen molar-refractivity contribution in [3.05, 3.63) is 56.1 Å². The van der Waals surface area contributed by atoms with E-state index in [2.05, 4.69) is 43.8 Å². The van der Waals surface area contributed by atoms with E-state index in [0.29, 0.717) is 16.9 Å². The zero-order valence-electron chi connectivity index (χ0n) is 9.28. The van der Waals surface area contributed by atoms with Crippen LogP contribution >= 0.6 is 38.5 Å². The highest BCUT2D eigenvalue weighted by atomic mass is 127. The van der Waals surface area contributed by atoms with Gasteiger partial charge in [-0.3, -0.25) is 4.79 Å². The van der Waals surface area contributed by atoms with E-state index in [1.807, 2.05) is 30.3 Å². The summed E-state index contributed by atoms with van der Waals surface area (Å²) in [5, 5.41) is 2.80. The van der Waals surface area contributed by atoms with Crippen molar-refractivity contribution in [1.82, 2.24) is 0 Å². The van der Waals surface area contributed by atoms with Gasteiger partial charge in [0, 0.05) is 8.04 Å². The highest BCUT2D eigenvalue weighted by molar-refractivity contribution is 14.1. The van der Waals surface area contributed by atoms with Gasteiger partial charge in [-0.1, -0.05) is 12.1 Å². The number of carbonyl (C=O) groups excluding carboxylic acids is 1. The molecule has 2 aromatic carbocycles. The summed E-state index contributed by atoms with van der Waals surface area (Å²) in [5.74, 6) is -0.182. The summed E-state index contributed by atoms with van der Waals surface area (Å²) >= 11 is 5.54. The largest absolute Gasteiger partial charge is 0.397 e. The summed E-state index contributed by atoms with van der Waals surface area (Å²) in [7, 11) is 0. The summed E-state index contributed by atoms with van der Waals surface area (Å²) in [6.45, 7) is 0. The first-order chi connectivity index (χ1) is 8.58. The topological polar surface area (TPSA) is 55.1 Å². The van der Waals surface area contributed by atoms with Crippen LogP contribution in [-0.4, -0.2) is 5.91 Å². The molecule has 0 heterocycles. The van der Waals surface area contributed by atoms with E-state index >= 15 is 0 Å². The van der Waals surface area contributed by atoms with E-state index in [1.165, 1.54) is 0 Å². The van der Waals surface area contributed by atoms with E-state index in [4.69, 9.17) is 5.73 Å². The van der Waals surface area contributed by atoms with Crippen molar-refractivity contribution in [2.75, 3.05) is 11.1 Å². The molecule has 0 bridgehead atoms. The van der Waals surface area contributed by atoms with Gasteiger partial charge in [-0.2, -0.15) is 0 Å². The fourth-order valence-electron chi connectivity index (χ4n) is 1.47. The van der Waals surface area contributed by atoms with Crippen molar-refractivity contribution < 1.29 is 4.79 Å². The molecule has 2 aromatic rings. The molecule has 18 heavy (non-hydrogen) atoms. The van der Waals surface area contributed by atoms with Crippen LogP contribution in [0.2, 0.25) is 0 Å². The Morgan fingerprint density at radius 3 is 2.67 bits per heavy atom. The predicted octanol–water partition coefficient (Wildman–Crippen LogP) is 3.89. The number of carbonyl (C=O) groups is 1. The van der Waals surface area contributed by atoms with Crippen LogP contribution in [0.15, 0.2) is 46.9 Å². The highest BCUT2D eigenvalue weighted by Crippen LogP contribution is 2.22. The van der Waals surface area contributed by atoms with Crippen molar-refractivity contribution in [2.24, 2.45) is 0 Å². The van der Waals surface area contributed by atoms with Gasteiger partial charge in [0.05, 0.1) is 16.9 Å². The second kappa shape index (κ2) is 5.71. The van der Waals surface area contributed by atoms with Crippen LogP contribution in [0.25, 0.3) is 0 Å². The van der Waals surface area contributed by atoms with Crippen LogP contribution in [0.4, 0.5) is 11.4 Å². The Morgan fingerprint density at radius 2 is 1.94 bits per heavy atom. The van der Waals surface area contributed by atoms with Gasteiger partial charge in [-0.25, -0.2) is 0 Å². The van der Waals surface area contributed by atoms with E-state index in [9.17, 15) is 4.79 Å². The quantitative estimate of drug-likeness (QED) is 0.576. The molecule has 3 N–H and O–H groups in total. The minimum atomic E-state index is -0.182. The van der Waals surface area contributed by atoms with E-state index in [-0.39, 0.29) is 5.91 Å². The summed E-state index contributed by atoms with van der Waals surface area (Å²) in [6, 6.07) is 12.8. The Bertz CT molecular complexity index is 601. The fourth-order valence-corrected chi connectivity index (χ4v) is 2.39. The SMILES string of the molecule is Nc1ccccc1NC(=O)c1cc(I)ccc1Br. The number of nitrogens with two attached hydrogens (primary N) is 1. The molecule has 92 valence electrons. The summed E-state index contributed by atoms with van der Waals surface area (Å²) in [5.41, 5.74) is 7.54. The maximum atomic E-state index is 12.1. The second-order valence-corrected chi connectivity index (χ2v) is 5.77. The van der Waals surface area contributed by atoms with Gasteiger partial charge in [0.25, 0.3) is 5.91 Å². The van der Waals surface area contributed by atoms with E-state index < -0.39 is 0 Å². The Kier molecular flexibility index (Phi) is 4.23. The molecule has 0 radical (unpaired) electrons. The second-order valence-electron chi connectivity index (χ2n) is 3.67.